The minimum atomic E-state index is -0.278. The van der Waals surface area contributed by atoms with Crippen LogP contribution in [0, 0.1) is 0 Å². The molecule has 5 heteroatoms. The molecule has 0 saturated carbocycles. The number of hydrogen-bond acceptors (Lipinski definition) is 3. The van der Waals surface area contributed by atoms with Crippen molar-refractivity contribution in [1.29, 1.82) is 0 Å². The highest BCUT2D eigenvalue weighted by molar-refractivity contribution is 6.36. The maximum atomic E-state index is 12.5. The number of hydrogen-bond donors (Lipinski definition) is 0. The average Bonchev–Trinajstić information content (AvgIpc) is 2.27. The summed E-state index contributed by atoms with van der Waals surface area (Å²) in [4.78, 5) is 14.6. The minimum absolute atomic E-state index is 0.0176. The normalized spacial score (nSPS) is 21.2. The van der Waals surface area contributed by atoms with E-state index >= 15 is 0 Å². The fourth-order valence-electron chi connectivity index (χ4n) is 3.06. The van der Waals surface area contributed by atoms with Crippen LogP contribution in [0.1, 0.15) is 38.1 Å². The van der Waals surface area contributed by atoms with Crippen molar-refractivity contribution in [2.24, 2.45) is 0 Å². The summed E-state index contributed by atoms with van der Waals surface area (Å²) < 4.78 is 6.02. The first-order chi connectivity index (χ1) is 9.58. The molecule has 1 aliphatic rings. The van der Waals surface area contributed by atoms with Crippen molar-refractivity contribution in [3.8, 4) is 0 Å². The molecule has 1 fully saturated rings. The number of halogens is 2. The van der Waals surface area contributed by atoms with Gasteiger partial charge in [0, 0.05) is 23.7 Å². The molecule has 3 nitrogen and oxygen atoms in total. The number of Topliss-reactive ketones (excluding diaryl/α,β-unsaturated/α-hetero) is 1. The zero-order valence-corrected chi connectivity index (χ0v) is 14.4. The first-order valence-electron chi connectivity index (χ1n) is 6.99. The van der Waals surface area contributed by atoms with Gasteiger partial charge in [-0.2, -0.15) is 0 Å². The van der Waals surface area contributed by atoms with Gasteiger partial charge in [-0.1, -0.05) is 23.2 Å². The van der Waals surface area contributed by atoms with E-state index in [1.54, 1.807) is 18.2 Å². The van der Waals surface area contributed by atoms with Crippen molar-refractivity contribution in [2.45, 2.75) is 38.9 Å². The Morgan fingerprint density at radius 1 is 1.19 bits per heavy atom. The smallest absolute Gasteiger partial charge is 0.178 e. The van der Waals surface area contributed by atoms with Crippen LogP contribution in [-0.4, -0.2) is 41.5 Å². The Hall–Kier alpha value is -0.610. The lowest BCUT2D eigenvalue weighted by molar-refractivity contribution is -0.178. The van der Waals surface area contributed by atoms with Gasteiger partial charge < -0.3 is 4.74 Å². The third kappa shape index (κ3) is 4.43. The van der Waals surface area contributed by atoms with Gasteiger partial charge in [-0.25, -0.2) is 0 Å². The number of ketones is 1. The summed E-state index contributed by atoms with van der Waals surface area (Å²) in [5, 5.41) is 0.960. The van der Waals surface area contributed by atoms with Gasteiger partial charge in [0.2, 0.25) is 0 Å². The molecule has 0 N–H and O–H groups in total. The molecule has 0 atom stereocenters. The van der Waals surface area contributed by atoms with E-state index in [1.165, 1.54) is 0 Å². The Labute approximate surface area is 136 Å². The minimum Gasteiger partial charge on any atom is -0.367 e. The second kappa shape index (κ2) is 5.88. The van der Waals surface area contributed by atoms with E-state index in [-0.39, 0.29) is 17.0 Å². The van der Waals surface area contributed by atoms with Crippen LogP contribution in [0.3, 0.4) is 0 Å². The third-order valence-corrected chi connectivity index (χ3v) is 3.92. The largest absolute Gasteiger partial charge is 0.367 e. The van der Waals surface area contributed by atoms with Crippen molar-refractivity contribution in [3.05, 3.63) is 33.8 Å². The highest BCUT2D eigenvalue weighted by Gasteiger charge is 2.38. The topological polar surface area (TPSA) is 29.5 Å². The molecule has 2 rings (SSSR count). The average molecular weight is 330 g/mol. The van der Waals surface area contributed by atoms with Crippen molar-refractivity contribution < 1.29 is 9.53 Å². The molecule has 1 saturated heterocycles. The molecule has 0 spiro atoms. The van der Waals surface area contributed by atoms with Crippen molar-refractivity contribution in [3.63, 3.8) is 0 Å². The lowest BCUT2D eigenvalue weighted by atomic mass is 9.98. The molecular weight excluding hydrogens is 309 g/mol. The van der Waals surface area contributed by atoms with Gasteiger partial charge in [0.05, 0.1) is 22.8 Å². The van der Waals surface area contributed by atoms with Crippen LogP contribution in [-0.2, 0) is 4.74 Å². The SMILES string of the molecule is CC1(C)CN(CC(=O)c2cc(Cl)ccc2Cl)CC(C)(C)O1. The zero-order chi connectivity index (χ0) is 15.8. The molecule has 0 bridgehead atoms. The maximum Gasteiger partial charge on any atom is 0.178 e. The summed E-state index contributed by atoms with van der Waals surface area (Å²) in [6.07, 6.45) is 0. The van der Waals surface area contributed by atoms with Gasteiger partial charge >= 0.3 is 0 Å². The Morgan fingerprint density at radius 3 is 2.33 bits per heavy atom. The number of carbonyl (C=O) groups excluding carboxylic acids is 1. The van der Waals surface area contributed by atoms with E-state index in [1.807, 2.05) is 27.7 Å². The Morgan fingerprint density at radius 2 is 1.76 bits per heavy atom. The molecule has 0 aliphatic carbocycles. The molecule has 1 aromatic carbocycles. The first kappa shape index (κ1) is 16.8. The monoisotopic (exact) mass is 329 g/mol. The van der Waals surface area contributed by atoms with Crippen LogP contribution in [0.4, 0.5) is 0 Å². The van der Waals surface area contributed by atoms with Crippen molar-refractivity contribution >= 4 is 29.0 Å². The molecule has 0 radical (unpaired) electrons. The van der Waals surface area contributed by atoms with Crippen LogP contribution in [0.5, 0.6) is 0 Å². The highest BCUT2D eigenvalue weighted by Crippen LogP contribution is 2.28. The number of rotatable bonds is 3. The Balaban J connectivity index is 2.14. The number of nitrogens with zero attached hydrogens (tertiary/aromatic N) is 1. The molecule has 1 aromatic rings. The van der Waals surface area contributed by atoms with Gasteiger partial charge in [0.25, 0.3) is 0 Å². The zero-order valence-electron chi connectivity index (χ0n) is 12.9. The molecule has 21 heavy (non-hydrogen) atoms. The van der Waals surface area contributed by atoms with Crippen LogP contribution in [0.2, 0.25) is 10.0 Å². The highest BCUT2D eigenvalue weighted by atomic mass is 35.5. The van der Waals surface area contributed by atoms with E-state index in [0.717, 1.165) is 0 Å². The summed E-state index contributed by atoms with van der Waals surface area (Å²) in [7, 11) is 0. The van der Waals surface area contributed by atoms with Crippen molar-refractivity contribution in [2.75, 3.05) is 19.6 Å². The number of morpholine rings is 1. The van der Waals surface area contributed by atoms with E-state index in [0.29, 0.717) is 35.2 Å². The molecule has 0 aromatic heterocycles. The Kier molecular flexibility index (Phi) is 4.69. The summed E-state index contributed by atoms with van der Waals surface area (Å²) in [5.74, 6) is -0.0176. The summed E-state index contributed by atoms with van der Waals surface area (Å²) in [6.45, 7) is 9.89. The fraction of sp³-hybridized carbons (Fsp3) is 0.562. The van der Waals surface area contributed by atoms with E-state index < -0.39 is 0 Å². The first-order valence-corrected chi connectivity index (χ1v) is 7.74. The molecule has 1 aliphatic heterocycles. The van der Waals surface area contributed by atoms with Crippen molar-refractivity contribution in [1.82, 2.24) is 4.90 Å². The van der Waals surface area contributed by atoms with Crippen LogP contribution >= 0.6 is 23.2 Å². The molecular formula is C16H21Cl2NO2. The van der Waals surface area contributed by atoms with Gasteiger partial charge in [-0.05, 0) is 45.9 Å². The summed E-state index contributed by atoms with van der Waals surface area (Å²) >= 11 is 12.0. The van der Waals surface area contributed by atoms with Crippen LogP contribution in [0.15, 0.2) is 18.2 Å². The predicted octanol–water partition coefficient (Wildman–Crippen LogP) is 4.07. The molecule has 1 heterocycles. The van der Waals surface area contributed by atoms with Crippen LogP contribution < -0.4 is 0 Å². The standard InChI is InChI=1S/C16H21Cl2NO2/c1-15(2)9-19(10-16(3,4)21-15)8-14(20)12-7-11(17)5-6-13(12)18/h5-7H,8-10H2,1-4H3. The number of carbonyl (C=O) groups is 1. The van der Waals surface area contributed by atoms with E-state index in [9.17, 15) is 4.79 Å². The molecule has 0 unspecified atom stereocenters. The Bertz CT molecular complexity index is 539. The van der Waals surface area contributed by atoms with Gasteiger partial charge in [-0.15, -0.1) is 0 Å². The summed E-state index contributed by atoms with van der Waals surface area (Å²) in [6, 6.07) is 4.97. The molecule has 0 amide bonds. The number of ether oxygens (including phenoxy) is 1. The molecule has 116 valence electrons. The van der Waals surface area contributed by atoms with Gasteiger partial charge in [0.15, 0.2) is 5.78 Å². The third-order valence-electron chi connectivity index (χ3n) is 3.36. The lowest BCUT2D eigenvalue weighted by Gasteiger charge is -2.47. The second-order valence-corrected chi connectivity index (χ2v) is 7.66. The van der Waals surface area contributed by atoms with E-state index in [2.05, 4.69) is 4.90 Å². The number of benzene rings is 1. The second-order valence-electron chi connectivity index (χ2n) is 6.81. The maximum absolute atomic E-state index is 12.5. The lowest BCUT2D eigenvalue weighted by Crippen LogP contribution is -2.58. The predicted molar refractivity (Wildman–Crippen MR) is 86.5 cm³/mol. The van der Waals surface area contributed by atoms with Gasteiger partial charge in [0.1, 0.15) is 0 Å². The van der Waals surface area contributed by atoms with E-state index in [4.69, 9.17) is 27.9 Å². The van der Waals surface area contributed by atoms with Gasteiger partial charge in [-0.3, -0.25) is 9.69 Å². The quantitative estimate of drug-likeness (QED) is 0.783. The fourth-order valence-corrected chi connectivity index (χ4v) is 3.45. The summed E-state index contributed by atoms with van der Waals surface area (Å²) in [5.41, 5.74) is -0.0772. The van der Waals surface area contributed by atoms with Crippen LogP contribution in [0.25, 0.3) is 0 Å².